The fraction of sp³-hybridized carbons (Fsp3) is 0.300. The molecule has 0 unspecified atom stereocenters. The number of nitrogens with one attached hydrogen (secondary N) is 1. The van der Waals surface area contributed by atoms with Gasteiger partial charge in [0.05, 0.1) is 0 Å². The number of fused-ring (bicyclic) bond motifs is 3. The zero-order chi connectivity index (χ0) is 24.0. The van der Waals surface area contributed by atoms with Gasteiger partial charge >= 0.3 is 6.09 Å². The summed E-state index contributed by atoms with van der Waals surface area (Å²) in [6.07, 6.45) is 4.59. The third-order valence-electron chi connectivity index (χ3n) is 7.00. The molecule has 0 aromatic heterocycles. The maximum Gasteiger partial charge on any atom is 0.407 e. The van der Waals surface area contributed by atoms with Gasteiger partial charge in [-0.05, 0) is 53.4 Å². The van der Waals surface area contributed by atoms with Crippen LogP contribution in [0.3, 0.4) is 0 Å². The molecule has 1 aliphatic carbocycles. The number of nitrogens with zero attached hydrogens (tertiary/aromatic N) is 2. The van der Waals surface area contributed by atoms with Crippen molar-refractivity contribution < 1.29 is 9.53 Å². The predicted molar refractivity (Wildman–Crippen MR) is 143 cm³/mol. The Hall–Kier alpha value is -3.57. The minimum absolute atomic E-state index is 0.0851. The van der Waals surface area contributed by atoms with Gasteiger partial charge in [-0.25, -0.2) is 4.79 Å². The molecule has 1 aliphatic heterocycles. The van der Waals surface area contributed by atoms with Crippen LogP contribution in [0.25, 0.3) is 17.2 Å². The molecule has 5 nitrogen and oxygen atoms in total. The third kappa shape index (κ3) is 5.41. The van der Waals surface area contributed by atoms with Gasteiger partial charge in [0.1, 0.15) is 6.61 Å². The molecular formula is C30H33N3O2. The van der Waals surface area contributed by atoms with Crippen molar-refractivity contribution in [3.8, 4) is 11.1 Å². The molecule has 1 N–H and O–H groups in total. The molecule has 0 spiro atoms. The largest absolute Gasteiger partial charge is 0.449 e. The molecule has 3 aromatic carbocycles. The Morgan fingerprint density at radius 1 is 0.914 bits per heavy atom. The van der Waals surface area contributed by atoms with Crippen molar-refractivity contribution in [3.05, 3.63) is 95.6 Å². The van der Waals surface area contributed by atoms with Crippen molar-refractivity contribution >= 4 is 17.9 Å². The van der Waals surface area contributed by atoms with Gasteiger partial charge in [-0.2, -0.15) is 0 Å². The Morgan fingerprint density at radius 2 is 1.54 bits per heavy atom. The van der Waals surface area contributed by atoms with Crippen LogP contribution in [0.1, 0.15) is 29.0 Å². The first-order chi connectivity index (χ1) is 17.2. The lowest BCUT2D eigenvalue weighted by atomic mass is 9.98. The van der Waals surface area contributed by atoms with Crippen molar-refractivity contribution in [1.82, 2.24) is 10.2 Å². The van der Waals surface area contributed by atoms with Crippen molar-refractivity contribution in [2.45, 2.75) is 12.3 Å². The first kappa shape index (κ1) is 23.2. The Balaban J connectivity index is 1.06. The molecule has 0 radical (unpaired) electrons. The average molecular weight is 468 g/mol. The van der Waals surface area contributed by atoms with Gasteiger partial charge in [0, 0.05) is 44.3 Å². The molecule has 3 aromatic rings. The highest BCUT2D eigenvalue weighted by Gasteiger charge is 2.28. The first-order valence-corrected chi connectivity index (χ1v) is 12.5. The highest BCUT2D eigenvalue weighted by molar-refractivity contribution is 5.79. The molecule has 5 heteroatoms. The number of amides is 1. The second kappa shape index (κ2) is 10.8. The van der Waals surface area contributed by atoms with Gasteiger partial charge in [0.25, 0.3) is 0 Å². The number of benzene rings is 3. The van der Waals surface area contributed by atoms with Crippen molar-refractivity contribution in [2.24, 2.45) is 0 Å². The van der Waals surface area contributed by atoms with E-state index in [1.807, 2.05) is 12.1 Å². The number of ether oxygens (including phenoxy) is 1. The van der Waals surface area contributed by atoms with E-state index in [1.165, 1.54) is 33.5 Å². The molecule has 0 saturated carbocycles. The summed E-state index contributed by atoms with van der Waals surface area (Å²) < 4.78 is 5.60. The molecule has 1 saturated heterocycles. The van der Waals surface area contributed by atoms with E-state index >= 15 is 0 Å². The number of alkyl carbamates (subject to hydrolysis) is 1. The number of hydrogen-bond acceptors (Lipinski definition) is 4. The molecule has 2 aliphatic rings. The lowest BCUT2D eigenvalue weighted by molar-refractivity contribution is 0.143. The topological polar surface area (TPSA) is 44.8 Å². The van der Waals surface area contributed by atoms with Crippen molar-refractivity contribution in [2.75, 3.05) is 51.3 Å². The van der Waals surface area contributed by atoms with Crippen molar-refractivity contribution in [1.29, 1.82) is 0 Å². The van der Waals surface area contributed by atoms with Gasteiger partial charge in [-0.15, -0.1) is 0 Å². The Labute approximate surface area is 208 Å². The summed E-state index contributed by atoms with van der Waals surface area (Å²) in [4.78, 5) is 17.1. The maximum absolute atomic E-state index is 12.3. The molecular weight excluding hydrogens is 434 g/mol. The zero-order valence-electron chi connectivity index (χ0n) is 20.3. The lowest BCUT2D eigenvalue weighted by Gasteiger charge is -2.34. The van der Waals surface area contributed by atoms with E-state index in [0.717, 1.165) is 32.6 Å². The van der Waals surface area contributed by atoms with Gasteiger partial charge < -0.3 is 19.9 Å². The lowest BCUT2D eigenvalue weighted by Crippen LogP contribution is -2.44. The summed E-state index contributed by atoms with van der Waals surface area (Å²) in [6, 6.07) is 25.4. The maximum atomic E-state index is 12.3. The molecule has 0 atom stereocenters. The van der Waals surface area contributed by atoms with E-state index in [2.05, 4.69) is 95.0 Å². The van der Waals surface area contributed by atoms with E-state index < -0.39 is 0 Å². The molecule has 0 bridgehead atoms. The van der Waals surface area contributed by atoms with Gasteiger partial charge in [0.15, 0.2) is 0 Å². The predicted octanol–water partition coefficient (Wildman–Crippen LogP) is 5.38. The van der Waals surface area contributed by atoms with Crippen LogP contribution in [0.5, 0.6) is 0 Å². The minimum atomic E-state index is -0.364. The van der Waals surface area contributed by atoms with E-state index in [0.29, 0.717) is 13.2 Å². The normalized spacial score (nSPS) is 15.7. The van der Waals surface area contributed by atoms with E-state index in [4.69, 9.17) is 4.74 Å². The Morgan fingerprint density at radius 3 is 2.20 bits per heavy atom. The summed E-state index contributed by atoms with van der Waals surface area (Å²) in [5.74, 6) is 0.0851. The molecule has 180 valence electrons. The third-order valence-corrected chi connectivity index (χ3v) is 7.00. The van der Waals surface area contributed by atoms with E-state index in [-0.39, 0.29) is 12.0 Å². The van der Waals surface area contributed by atoms with Gasteiger partial charge in [-0.3, -0.25) is 0 Å². The van der Waals surface area contributed by atoms with Gasteiger partial charge in [0.2, 0.25) is 0 Å². The van der Waals surface area contributed by atoms with Crippen LogP contribution < -0.4 is 10.2 Å². The van der Waals surface area contributed by atoms with E-state index in [9.17, 15) is 4.79 Å². The summed E-state index contributed by atoms with van der Waals surface area (Å²) in [5, 5.41) is 2.87. The number of likely N-dealkylation sites (N-methyl/N-ethyl adjacent to an activating group) is 1. The van der Waals surface area contributed by atoms with Crippen LogP contribution in [0.2, 0.25) is 0 Å². The average Bonchev–Trinajstić information content (AvgIpc) is 3.22. The summed E-state index contributed by atoms with van der Waals surface area (Å²) in [5.41, 5.74) is 7.37. The monoisotopic (exact) mass is 467 g/mol. The molecule has 1 amide bonds. The second-order valence-electron chi connectivity index (χ2n) is 9.33. The van der Waals surface area contributed by atoms with Crippen LogP contribution >= 0.6 is 0 Å². The zero-order valence-corrected chi connectivity index (χ0v) is 20.3. The molecule has 35 heavy (non-hydrogen) atoms. The number of rotatable bonds is 7. The fourth-order valence-corrected chi connectivity index (χ4v) is 4.99. The van der Waals surface area contributed by atoms with Crippen molar-refractivity contribution in [3.63, 3.8) is 0 Å². The highest BCUT2D eigenvalue weighted by Crippen LogP contribution is 2.44. The number of piperazine rings is 1. The number of hydrogen-bond donors (Lipinski definition) is 1. The smallest absolute Gasteiger partial charge is 0.407 e. The van der Waals surface area contributed by atoms with Crippen LogP contribution in [-0.4, -0.2) is 57.4 Å². The summed E-state index contributed by atoms with van der Waals surface area (Å²) in [6.45, 7) is 5.26. The summed E-state index contributed by atoms with van der Waals surface area (Å²) in [7, 11) is 2.17. The van der Waals surface area contributed by atoms with Crippen LogP contribution in [-0.2, 0) is 4.74 Å². The number of anilines is 1. The van der Waals surface area contributed by atoms with Gasteiger partial charge in [-0.1, -0.05) is 72.8 Å². The van der Waals surface area contributed by atoms with Crippen LogP contribution in [0.4, 0.5) is 10.5 Å². The highest BCUT2D eigenvalue weighted by atomic mass is 16.5. The first-order valence-electron chi connectivity index (χ1n) is 12.5. The Bertz CT molecular complexity index is 1130. The quantitative estimate of drug-likeness (QED) is 0.474. The number of carbonyl (C=O) groups is 1. The molecule has 1 heterocycles. The van der Waals surface area contributed by atoms with Crippen LogP contribution in [0, 0.1) is 0 Å². The second-order valence-corrected chi connectivity index (χ2v) is 9.33. The number of carbonyl (C=O) groups excluding carboxylic acids is 1. The van der Waals surface area contributed by atoms with E-state index in [1.54, 1.807) is 0 Å². The SMILES string of the molecule is CN1CCN(c2ccc(C=CCCNC(=O)OCC3c4ccccc4-c4ccccc43)cc2)CC1. The molecule has 1 fully saturated rings. The standard InChI is InChI=1S/C30H33N3O2/c1-32-18-20-33(21-19-32)24-15-13-23(14-16-24)8-6-7-17-31-30(34)35-22-29-27-11-4-2-9-25(27)26-10-3-5-12-28(26)29/h2-6,8-16,29H,7,17-22H2,1H3,(H,31,34). The van der Waals surface area contributed by atoms with Crippen LogP contribution in [0.15, 0.2) is 78.9 Å². The fourth-order valence-electron chi connectivity index (χ4n) is 4.99. The Kier molecular flexibility index (Phi) is 7.15. The summed E-state index contributed by atoms with van der Waals surface area (Å²) >= 11 is 0. The molecule has 5 rings (SSSR count). The minimum Gasteiger partial charge on any atom is -0.449 e.